The third-order valence-corrected chi connectivity index (χ3v) is 3.50. The lowest BCUT2D eigenvalue weighted by Gasteiger charge is -2.14. The van der Waals surface area contributed by atoms with Gasteiger partial charge in [-0.15, -0.1) is 0 Å². The number of carbonyl (C=O) groups excluding carboxylic acids is 2. The van der Waals surface area contributed by atoms with Crippen LogP contribution in [0.15, 0.2) is 48.5 Å². The van der Waals surface area contributed by atoms with Crippen LogP contribution >= 0.6 is 0 Å². The van der Waals surface area contributed by atoms with Gasteiger partial charge in [0.2, 0.25) is 0 Å². The topological polar surface area (TPSA) is 88.4 Å². The maximum absolute atomic E-state index is 12.1. The molecule has 0 spiro atoms. The predicted octanol–water partition coefficient (Wildman–Crippen LogP) is 3.53. The van der Waals surface area contributed by atoms with Crippen LogP contribution in [0.5, 0.6) is 5.75 Å². The number of hydrogen-bond acceptors (Lipinski definition) is 5. The smallest absolute Gasteiger partial charge is 0.338 e. The quantitative estimate of drug-likeness (QED) is 0.770. The monoisotopic (exact) mass is 352 g/mol. The maximum Gasteiger partial charge on any atom is 0.338 e. The van der Waals surface area contributed by atoms with Crippen LogP contribution in [0.3, 0.4) is 0 Å². The minimum absolute atomic E-state index is 0.340. The molecule has 2 aromatic carbocycles. The summed E-state index contributed by atoms with van der Waals surface area (Å²) in [6.45, 7) is 4.11. The molecule has 0 aromatic heterocycles. The number of nitriles is 1. The SMILES string of the molecule is CCCOc1ccc(C(=O)O[C@@H](C)C(=O)Nc2ccc(C#N)cc2)cc1. The van der Waals surface area contributed by atoms with Crippen molar-refractivity contribution in [2.24, 2.45) is 0 Å². The first-order chi connectivity index (χ1) is 12.5. The van der Waals surface area contributed by atoms with Crippen molar-refractivity contribution in [2.75, 3.05) is 11.9 Å². The molecule has 6 heteroatoms. The van der Waals surface area contributed by atoms with Gasteiger partial charge in [0.05, 0.1) is 23.8 Å². The zero-order chi connectivity index (χ0) is 18.9. The lowest BCUT2D eigenvalue weighted by Crippen LogP contribution is -2.30. The van der Waals surface area contributed by atoms with E-state index in [4.69, 9.17) is 14.7 Å². The Labute approximate surface area is 152 Å². The number of anilines is 1. The number of carbonyl (C=O) groups is 2. The van der Waals surface area contributed by atoms with E-state index in [0.29, 0.717) is 29.2 Å². The first kappa shape index (κ1) is 19.0. The number of hydrogen-bond donors (Lipinski definition) is 1. The molecule has 0 unspecified atom stereocenters. The van der Waals surface area contributed by atoms with Crippen molar-refractivity contribution in [2.45, 2.75) is 26.4 Å². The Morgan fingerprint density at radius 2 is 1.77 bits per heavy atom. The van der Waals surface area contributed by atoms with Gasteiger partial charge in [-0.1, -0.05) is 6.92 Å². The van der Waals surface area contributed by atoms with Crippen LogP contribution in [0.1, 0.15) is 36.2 Å². The highest BCUT2D eigenvalue weighted by Crippen LogP contribution is 2.14. The summed E-state index contributed by atoms with van der Waals surface area (Å²) in [7, 11) is 0. The average Bonchev–Trinajstić information content (AvgIpc) is 2.67. The number of rotatable bonds is 7. The fourth-order valence-electron chi connectivity index (χ4n) is 2.06. The van der Waals surface area contributed by atoms with E-state index in [9.17, 15) is 9.59 Å². The Hall–Kier alpha value is -3.33. The molecule has 2 aromatic rings. The van der Waals surface area contributed by atoms with Gasteiger partial charge in [-0.05, 0) is 61.9 Å². The molecular weight excluding hydrogens is 332 g/mol. The second kappa shape index (κ2) is 9.23. The van der Waals surface area contributed by atoms with Gasteiger partial charge in [0.25, 0.3) is 5.91 Å². The first-order valence-electron chi connectivity index (χ1n) is 8.28. The maximum atomic E-state index is 12.1. The van der Waals surface area contributed by atoms with Gasteiger partial charge in [-0.3, -0.25) is 4.79 Å². The highest BCUT2D eigenvalue weighted by atomic mass is 16.5. The van der Waals surface area contributed by atoms with E-state index in [-0.39, 0.29) is 0 Å². The van der Waals surface area contributed by atoms with Crippen LogP contribution in [-0.4, -0.2) is 24.6 Å². The van der Waals surface area contributed by atoms with Gasteiger partial charge in [0.1, 0.15) is 5.75 Å². The molecule has 0 saturated heterocycles. The predicted molar refractivity (Wildman–Crippen MR) is 96.9 cm³/mol. The Kier molecular flexibility index (Phi) is 6.75. The summed E-state index contributed by atoms with van der Waals surface area (Å²) in [4.78, 5) is 24.3. The Morgan fingerprint density at radius 1 is 1.12 bits per heavy atom. The summed E-state index contributed by atoms with van der Waals surface area (Å²) in [5.41, 5.74) is 1.36. The van der Waals surface area contributed by atoms with Crippen molar-refractivity contribution in [1.82, 2.24) is 0 Å². The van der Waals surface area contributed by atoms with E-state index in [1.807, 2.05) is 13.0 Å². The van der Waals surface area contributed by atoms with E-state index in [1.165, 1.54) is 6.92 Å². The fraction of sp³-hybridized carbons (Fsp3) is 0.250. The number of esters is 1. The molecule has 0 radical (unpaired) electrons. The number of benzene rings is 2. The molecular formula is C20H20N2O4. The average molecular weight is 352 g/mol. The Bertz CT molecular complexity index is 792. The van der Waals surface area contributed by atoms with Crippen molar-refractivity contribution in [3.05, 3.63) is 59.7 Å². The highest BCUT2D eigenvalue weighted by molar-refractivity contribution is 5.97. The molecule has 26 heavy (non-hydrogen) atoms. The van der Waals surface area contributed by atoms with Gasteiger partial charge in [0, 0.05) is 5.69 Å². The summed E-state index contributed by atoms with van der Waals surface area (Å²) in [5.74, 6) is -0.365. The molecule has 1 N–H and O–H groups in total. The number of nitrogens with zero attached hydrogens (tertiary/aromatic N) is 1. The Morgan fingerprint density at radius 3 is 2.35 bits per heavy atom. The molecule has 1 atom stereocenters. The lowest BCUT2D eigenvalue weighted by atomic mass is 10.2. The van der Waals surface area contributed by atoms with Gasteiger partial charge < -0.3 is 14.8 Å². The highest BCUT2D eigenvalue weighted by Gasteiger charge is 2.19. The molecule has 0 aliphatic rings. The zero-order valence-corrected chi connectivity index (χ0v) is 14.7. The van der Waals surface area contributed by atoms with Crippen LogP contribution in [0.2, 0.25) is 0 Å². The van der Waals surface area contributed by atoms with E-state index in [2.05, 4.69) is 5.32 Å². The largest absolute Gasteiger partial charge is 0.494 e. The van der Waals surface area contributed by atoms with Gasteiger partial charge >= 0.3 is 5.97 Å². The number of amides is 1. The molecule has 2 rings (SSSR count). The summed E-state index contributed by atoms with van der Waals surface area (Å²) in [6, 6.07) is 15.0. The normalized spacial score (nSPS) is 11.1. The zero-order valence-electron chi connectivity index (χ0n) is 14.7. The van der Waals surface area contributed by atoms with E-state index < -0.39 is 18.0 Å². The second-order valence-electron chi connectivity index (χ2n) is 5.60. The number of ether oxygens (including phenoxy) is 2. The van der Waals surface area contributed by atoms with Crippen molar-refractivity contribution < 1.29 is 19.1 Å². The molecule has 0 bridgehead atoms. The van der Waals surface area contributed by atoms with Crippen LogP contribution < -0.4 is 10.1 Å². The molecule has 0 fully saturated rings. The van der Waals surface area contributed by atoms with Crippen LogP contribution in [0, 0.1) is 11.3 Å². The summed E-state index contributed by atoms with van der Waals surface area (Å²) in [5, 5.41) is 11.4. The fourth-order valence-corrected chi connectivity index (χ4v) is 2.06. The van der Waals surface area contributed by atoms with E-state index in [0.717, 1.165) is 6.42 Å². The first-order valence-corrected chi connectivity index (χ1v) is 8.28. The van der Waals surface area contributed by atoms with E-state index >= 15 is 0 Å². The number of nitrogens with one attached hydrogen (secondary N) is 1. The van der Waals surface area contributed by atoms with Crippen LogP contribution in [-0.2, 0) is 9.53 Å². The minimum atomic E-state index is -0.964. The summed E-state index contributed by atoms with van der Waals surface area (Å²) >= 11 is 0. The summed E-state index contributed by atoms with van der Waals surface area (Å²) < 4.78 is 10.6. The van der Waals surface area contributed by atoms with Crippen molar-refractivity contribution in [3.63, 3.8) is 0 Å². The molecule has 0 saturated carbocycles. The molecule has 134 valence electrons. The third-order valence-electron chi connectivity index (χ3n) is 3.50. The minimum Gasteiger partial charge on any atom is -0.494 e. The Balaban J connectivity index is 1.90. The van der Waals surface area contributed by atoms with E-state index in [1.54, 1.807) is 48.5 Å². The van der Waals surface area contributed by atoms with Gasteiger partial charge in [-0.25, -0.2) is 4.79 Å². The third kappa shape index (κ3) is 5.35. The van der Waals surface area contributed by atoms with Crippen molar-refractivity contribution >= 4 is 17.6 Å². The lowest BCUT2D eigenvalue weighted by molar-refractivity contribution is -0.123. The van der Waals surface area contributed by atoms with Crippen molar-refractivity contribution in [3.8, 4) is 11.8 Å². The molecule has 0 aliphatic heterocycles. The molecule has 6 nitrogen and oxygen atoms in total. The second-order valence-corrected chi connectivity index (χ2v) is 5.60. The standard InChI is InChI=1S/C20H20N2O4/c1-3-12-25-18-10-6-16(7-11-18)20(24)26-14(2)19(23)22-17-8-4-15(13-21)5-9-17/h4-11,14H,3,12H2,1-2H3,(H,22,23)/t14-/m0/s1. The van der Waals surface area contributed by atoms with Gasteiger partial charge in [-0.2, -0.15) is 5.26 Å². The molecule has 0 aliphatic carbocycles. The molecule has 1 amide bonds. The van der Waals surface area contributed by atoms with Crippen LogP contribution in [0.25, 0.3) is 0 Å². The summed E-state index contributed by atoms with van der Waals surface area (Å²) in [6.07, 6.45) is -0.0653. The molecule has 0 heterocycles. The van der Waals surface area contributed by atoms with Crippen LogP contribution in [0.4, 0.5) is 5.69 Å². The van der Waals surface area contributed by atoms with Gasteiger partial charge in [0.15, 0.2) is 6.10 Å². The van der Waals surface area contributed by atoms with Crippen molar-refractivity contribution in [1.29, 1.82) is 5.26 Å².